The van der Waals surface area contributed by atoms with E-state index in [2.05, 4.69) is 5.32 Å². The second kappa shape index (κ2) is 7.74. The number of aromatic hydroxyl groups is 1. The predicted octanol–water partition coefficient (Wildman–Crippen LogP) is 1.86. The van der Waals surface area contributed by atoms with Crippen molar-refractivity contribution < 1.29 is 24.2 Å². The molecule has 2 aliphatic rings. The Kier molecular flexibility index (Phi) is 5.32. The van der Waals surface area contributed by atoms with E-state index in [0.717, 1.165) is 5.56 Å². The number of aryl methyl sites for hydroxylation is 1. The van der Waals surface area contributed by atoms with Gasteiger partial charge >= 0.3 is 0 Å². The van der Waals surface area contributed by atoms with Crippen molar-refractivity contribution in [3.05, 3.63) is 62.8 Å². The minimum Gasteiger partial charge on any atom is -0.503 e. The van der Waals surface area contributed by atoms with E-state index >= 15 is 0 Å². The Balaban J connectivity index is 1.73. The molecule has 2 aromatic rings. The summed E-state index contributed by atoms with van der Waals surface area (Å²) in [6.45, 7) is 5.28. The summed E-state index contributed by atoms with van der Waals surface area (Å²) in [6.07, 6.45) is 2.18. The van der Waals surface area contributed by atoms with Gasteiger partial charge in [-0.1, -0.05) is 12.1 Å². The van der Waals surface area contributed by atoms with Crippen LogP contribution in [0.4, 0.5) is 4.39 Å². The Labute approximate surface area is 184 Å². The van der Waals surface area contributed by atoms with Gasteiger partial charge < -0.3 is 25.0 Å². The number of amides is 2. The van der Waals surface area contributed by atoms with Gasteiger partial charge in [0.15, 0.2) is 11.4 Å². The molecular formula is C23H26FN3O5. The lowest BCUT2D eigenvalue weighted by Crippen LogP contribution is -2.51. The number of nitrogens with one attached hydrogen (secondary N) is 1. The second-order valence-corrected chi connectivity index (χ2v) is 8.97. The van der Waals surface area contributed by atoms with Crippen LogP contribution in [0, 0.1) is 12.7 Å². The fraction of sp³-hybridized carbons (Fsp3) is 0.435. The van der Waals surface area contributed by atoms with E-state index in [9.17, 15) is 29.0 Å². The summed E-state index contributed by atoms with van der Waals surface area (Å²) in [7, 11) is 0. The highest BCUT2D eigenvalue weighted by atomic mass is 19.1. The van der Waals surface area contributed by atoms with Gasteiger partial charge in [-0.25, -0.2) is 4.39 Å². The first-order chi connectivity index (χ1) is 15.0. The molecule has 2 bridgehead atoms. The molecule has 3 atom stereocenters. The molecule has 1 aromatic heterocycles. The minimum absolute atomic E-state index is 0.154. The molecule has 0 aliphatic carbocycles. The molecule has 3 N–H and O–H groups in total. The molecule has 4 rings (SSSR count). The van der Waals surface area contributed by atoms with Crippen LogP contribution in [0.3, 0.4) is 0 Å². The minimum atomic E-state index is -1.22. The van der Waals surface area contributed by atoms with Crippen LogP contribution in [0.2, 0.25) is 0 Å². The summed E-state index contributed by atoms with van der Waals surface area (Å²) in [5.74, 6) is -2.64. The molecule has 2 aliphatic heterocycles. The maximum absolute atomic E-state index is 14.1. The first-order valence-corrected chi connectivity index (χ1v) is 10.6. The first kappa shape index (κ1) is 22.0. The summed E-state index contributed by atoms with van der Waals surface area (Å²) >= 11 is 0. The number of aromatic nitrogens is 1. The van der Waals surface area contributed by atoms with E-state index in [-0.39, 0.29) is 36.0 Å². The molecule has 9 heteroatoms. The second-order valence-electron chi connectivity index (χ2n) is 8.97. The van der Waals surface area contributed by atoms with Crippen LogP contribution in [-0.2, 0) is 6.54 Å². The Bertz CT molecular complexity index is 1170. The van der Waals surface area contributed by atoms with Gasteiger partial charge in [0.25, 0.3) is 11.8 Å². The van der Waals surface area contributed by atoms with Gasteiger partial charge in [-0.05, 0) is 45.2 Å². The van der Waals surface area contributed by atoms with E-state index in [1.807, 2.05) is 6.92 Å². The predicted molar refractivity (Wildman–Crippen MR) is 114 cm³/mol. The van der Waals surface area contributed by atoms with Crippen LogP contribution in [0.25, 0.3) is 0 Å². The van der Waals surface area contributed by atoms with E-state index in [4.69, 9.17) is 0 Å². The number of hydrogen-bond donors (Lipinski definition) is 3. The number of benzene rings is 1. The molecule has 0 spiro atoms. The zero-order valence-corrected chi connectivity index (χ0v) is 18.2. The Morgan fingerprint density at radius 2 is 2.06 bits per heavy atom. The van der Waals surface area contributed by atoms with Gasteiger partial charge in [0.1, 0.15) is 11.4 Å². The number of rotatable bonds is 3. The molecule has 170 valence electrons. The van der Waals surface area contributed by atoms with E-state index in [0.29, 0.717) is 12.8 Å². The number of nitrogens with zero attached hydrogens (tertiary/aromatic N) is 2. The van der Waals surface area contributed by atoms with Crippen LogP contribution in [0.5, 0.6) is 5.75 Å². The van der Waals surface area contributed by atoms with Crippen molar-refractivity contribution in [1.82, 2.24) is 14.8 Å². The van der Waals surface area contributed by atoms with Crippen LogP contribution in [0.1, 0.15) is 64.7 Å². The van der Waals surface area contributed by atoms with Crippen molar-refractivity contribution in [3.63, 3.8) is 0 Å². The molecule has 0 radical (unpaired) electrons. The van der Waals surface area contributed by atoms with Crippen molar-refractivity contribution in [2.45, 2.75) is 57.8 Å². The number of hydrogen-bond acceptors (Lipinski definition) is 5. The van der Waals surface area contributed by atoms with Gasteiger partial charge in [0.2, 0.25) is 5.43 Å². The number of carbonyl (C=O) groups is 2. The van der Waals surface area contributed by atoms with Crippen molar-refractivity contribution in [3.8, 4) is 5.75 Å². The SMILES string of the molecule is Cc1ccc(CNC(=O)c2cn3c(c(O)c2=O)C(=O)N2C[C@@H]3[C@@](C)(O)CC[C@@H]2C)c(F)c1. The van der Waals surface area contributed by atoms with Crippen molar-refractivity contribution in [2.24, 2.45) is 0 Å². The van der Waals surface area contributed by atoms with Crippen molar-refractivity contribution in [1.29, 1.82) is 0 Å². The molecule has 0 unspecified atom stereocenters. The molecule has 1 fully saturated rings. The van der Waals surface area contributed by atoms with Gasteiger partial charge in [-0.15, -0.1) is 0 Å². The summed E-state index contributed by atoms with van der Waals surface area (Å²) in [5.41, 5.74) is -1.84. The highest BCUT2D eigenvalue weighted by molar-refractivity contribution is 5.99. The van der Waals surface area contributed by atoms with Crippen molar-refractivity contribution >= 4 is 11.8 Å². The molecule has 3 heterocycles. The third kappa shape index (κ3) is 3.56. The van der Waals surface area contributed by atoms with Gasteiger partial charge in [0.05, 0.1) is 11.6 Å². The largest absolute Gasteiger partial charge is 0.503 e. The van der Waals surface area contributed by atoms with E-state index in [1.165, 1.54) is 16.8 Å². The summed E-state index contributed by atoms with van der Waals surface area (Å²) in [4.78, 5) is 40.1. The lowest BCUT2D eigenvalue weighted by atomic mass is 9.90. The average Bonchev–Trinajstić information content (AvgIpc) is 2.83. The summed E-state index contributed by atoms with van der Waals surface area (Å²) in [5, 5.41) is 24.2. The highest BCUT2D eigenvalue weighted by Crippen LogP contribution is 2.39. The lowest BCUT2D eigenvalue weighted by molar-refractivity contribution is -0.00840. The van der Waals surface area contributed by atoms with E-state index < -0.39 is 40.5 Å². The van der Waals surface area contributed by atoms with Crippen LogP contribution >= 0.6 is 0 Å². The zero-order chi connectivity index (χ0) is 23.4. The third-order valence-corrected chi connectivity index (χ3v) is 6.59. The van der Waals surface area contributed by atoms with Crippen LogP contribution in [0.15, 0.2) is 29.2 Å². The lowest BCUT2D eigenvalue weighted by Gasteiger charge is -2.41. The zero-order valence-electron chi connectivity index (χ0n) is 18.2. The Morgan fingerprint density at radius 3 is 2.75 bits per heavy atom. The molecule has 2 amide bonds. The monoisotopic (exact) mass is 443 g/mol. The number of carbonyl (C=O) groups excluding carboxylic acids is 2. The van der Waals surface area contributed by atoms with Crippen LogP contribution in [-0.4, -0.2) is 49.7 Å². The normalized spacial score (nSPS) is 24.7. The molecule has 8 nitrogen and oxygen atoms in total. The highest BCUT2D eigenvalue weighted by Gasteiger charge is 2.46. The fourth-order valence-electron chi connectivity index (χ4n) is 4.50. The maximum Gasteiger partial charge on any atom is 0.274 e. The topological polar surface area (TPSA) is 112 Å². The Hall–Kier alpha value is -3.20. The van der Waals surface area contributed by atoms with Crippen molar-refractivity contribution in [2.75, 3.05) is 6.54 Å². The Morgan fingerprint density at radius 1 is 1.34 bits per heavy atom. The molecule has 1 saturated heterocycles. The smallest absolute Gasteiger partial charge is 0.274 e. The maximum atomic E-state index is 14.1. The molecule has 0 saturated carbocycles. The molecular weight excluding hydrogens is 417 g/mol. The summed E-state index contributed by atoms with van der Waals surface area (Å²) < 4.78 is 15.4. The number of aliphatic hydroxyl groups is 1. The molecule has 32 heavy (non-hydrogen) atoms. The van der Waals surface area contributed by atoms with Gasteiger partial charge in [0, 0.05) is 30.9 Å². The van der Waals surface area contributed by atoms with Crippen LogP contribution < -0.4 is 10.7 Å². The first-order valence-electron chi connectivity index (χ1n) is 10.6. The standard InChI is InChI=1S/C23H26FN3O5/c1-12-4-5-14(16(24)8-12)9-25-21(30)15-10-27-17-11-26(13(2)6-7-23(17,3)32)22(31)18(27)20(29)19(15)28/h4-5,8,10,13,17,29,32H,6-7,9,11H2,1-3H3,(H,25,30)/t13-,17+,23-/m0/s1. The van der Waals surface area contributed by atoms with Gasteiger partial charge in [-0.2, -0.15) is 0 Å². The third-order valence-electron chi connectivity index (χ3n) is 6.59. The molecule has 1 aromatic carbocycles. The fourth-order valence-corrected chi connectivity index (χ4v) is 4.50. The quantitative estimate of drug-likeness (QED) is 0.671. The van der Waals surface area contributed by atoms with E-state index in [1.54, 1.807) is 30.9 Å². The van der Waals surface area contributed by atoms with Gasteiger partial charge in [-0.3, -0.25) is 14.4 Å². The number of pyridine rings is 1. The number of halogens is 1. The summed E-state index contributed by atoms with van der Waals surface area (Å²) in [6, 6.07) is 3.77. The average molecular weight is 443 g/mol. The number of fused-ring (bicyclic) bond motifs is 4.